The zero-order valence-electron chi connectivity index (χ0n) is 17.3. The van der Waals surface area contributed by atoms with E-state index in [2.05, 4.69) is 15.5 Å². The summed E-state index contributed by atoms with van der Waals surface area (Å²) >= 11 is 0. The monoisotopic (exact) mass is 450 g/mol. The molecule has 1 unspecified atom stereocenters. The Morgan fingerprint density at radius 1 is 1.17 bits per heavy atom. The van der Waals surface area contributed by atoms with E-state index in [1.165, 1.54) is 0 Å². The first-order chi connectivity index (χ1) is 12.8. The molecule has 0 bridgehead atoms. The van der Waals surface area contributed by atoms with E-state index in [4.69, 9.17) is 15.2 Å². The van der Waals surface area contributed by atoms with Gasteiger partial charge in [-0.15, -0.1) is 24.8 Å². The van der Waals surface area contributed by atoms with E-state index in [0.717, 1.165) is 30.2 Å². The van der Waals surface area contributed by atoms with Crippen molar-refractivity contribution in [2.75, 3.05) is 38.8 Å². The molecule has 0 aliphatic carbocycles. The molecule has 1 aromatic carbocycles. The van der Waals surface area contributed by atoms with Crippen LogP contribution in [0.15, 0.2) is 18.2 Å². The van der Waals surface area contributed by atoms with E-state index in [9.17, 15) is 9.59 Å². The van der Waals surface area contributed by atoms with Gasteiger partial charge >= 0.3 is 0 Å². The Kier molecular flexibility index (Phi) is 11.8. The number of rotatable bonds is 8. The molecule has 1 saturated heterocycles. The van der Waals surface area contributed by atoms with Gasteiger partial charge in [0.05, 0.1) is 26.8 Å². The molecule has 166 valence electrons. The molecule has 1 heterocycles. The smallest absolute Gasteiger partial charge is 0.239 e. The van der Waals surface area contributed by atoms with Crippen LogP contribution in [-0.4, -0.2) is 57.8 Å². The number of nitrogens with one attached hydrogen (secondary N) is 2. The highest BCUT2D eigenvalue weighted by molar-refractivity contribution is 5.87. The van der Waals surface area contributed by atoms with Gasteiger partial charge in [0.1, 0.15) is 11.5 Å². The fourth-order valence-electron chi connectivity index (χ4n) is 2.95. The average Bonchev–Trinajstić information content (AvgIpc) is 3.13. The van der Waals surface area contributed by atoms with Crippen molar-refractivity contribution >= 4 is 42.3 Å². The zero-order valence-corrected chi connectivity index (χ0v) is 18.9. The summed E-state index contributed by atoms with van der Waals surface area (Å²) in [6.07, 6.45) is 0.824. The number of nitrogens with two attached hydrogens (primary N) is 1. The average molecular weight is 451 g/mol. The summed E-state index contributed by atoms with van der Waals surface area (Å²) in [6.45, 7) is 5.16. The van der Waals surface area contributed by atoms with Crippen molar-refractivity contribution in [2.24, 2.45) is 11.7 Å². The molecule has 8 nitrogen and oxygen atoms in total. The first-order valence-electron chi connectivity index (χ1n) is 9.14. The Hall–Kier alpha value is -1.90. The number of amides is 2. The van der Waals surface area contributed by atoms with Gasteiger partial charge in [-0.1, -0.05) is 13.8 Å². The van der Waals surface area contributed by atoms with E-state index in [1.807, 2.05) is 32.0 Å². The number of benzene rings is 1. The second kappa shape index (κ2) is 12.6. The fourth-order valence-corrected chi connectivity index (χ4v) is 2.95. The van der Waals surface area contributed by atoms with Crippen molar-refractivity contribution in [3.05, 3.63) is 18.2 Å². The van der Waals surface area contributed by atoms with E-state index >= 15 is 0 Å². The second-order valence-electron chi connectivity index (χ2n) is 7.06. The number of halogens is 2. The quantitative estimate of drug-likeness (QED) is 0.551. The van der Waals surface area contributed by atoms with Crippen LogP contribution < -0.4 is 30.7 Å². The number of ether oxygens (including phenoxy) is 2. The maximum Gasteiger partial charge on any atom is 0.239 e. The number of methoxy groups -OCH3 is 2. The second-order valence-corrected chi connectivity index (χ2v) is 7.06. The lowest BCUT2D eigenvalue weighted by molar-refractivity contribution is -0.127. The van der Waals surface area contributed by atoms with E-state index in [0.29, 0.717) is 6.54 Å². The van der Waals surface area contributed by atoms with Gasteiger partial charge in [0.25, 0.3) is 0 Å². The number of hydrogen-bond donors (Lipinski definition) is 3. The summed E-state index contributed by atoms with van der Waals surface area (Å²) in [4.78, 5) is 26.1. The van der Waals surface area contributed by atoms with Gasteiger partial charge in [-0.05, 0) is 12.3 Å². The third kappa shape index (κ3) is 7.79. The molecule has 4 N–H and O–H groups in total. The lowest BCUT2D eigenvalue weighted by Gasteiger charge is -2.21. The molecule has 0 spiro atoms. The van der Waals surface area contributed by atoms with E-state index < -0.39 is 6.04 Å². The molecular weight excluding hydrogens is 419 g/mol. The molecule has 29 heavy (non-hydrogen) atoms. The highest BCUT2D eigenvalue weighted by Crippen LogP contribution is 2.30. The predicted octanol–water partition coefficient (Wildman–Crippen LogP) is 1.34. The summed E-state index contributed by atoms with van der Waals surface area (Å²) in [5.74, 6) is 0.949. The minimum absolute atomic E-state index is 0. The maximum absolute atomic E-state index is 12.1. The predicted molar refractivity (Wildman–Crippen MR) is 119 cm³/mol. The van der Waals surface area contributed by atoms with Gasteiger partial charge in [-0.3, -0.25) is 9.59 Å². The minimum atomic E-state index is -0.609. The standard InChI is InChI=1S/C19H30N4O4.2ClH/c1-12(2)18(20)19(25)21-10-17(24)22-13-5-6-23(11-13)14-7-15(26-3)9-16(8-14)27-4;;/h7-9,12-13,18H,5-6,10-11,20H2,1-4H3,(H,21,25)(H,22,24);2*1H/t13?,18-;;/m0../s1. The third-order valence-electron chi connectivity index (χ3n) is 4.70. The summed E-state index contributed by atoms with van der Waals surface area (Å²) in [5, 5.41) is 5.55. The van der Waals surface area contributed by atoms with Crippen molar-refractivity contribution in [1.82, 2.24) is 10.6 Å². The van der Waals surface area contributed by atoms with Crippen LogP contribution in [0.3, 0.4) is 0 Å². The Bertz CT molecular complexity index is 653. The lowest BCUT2D eigenvalue weighted by atomic mass is 10.1. The number of carbonyl (C=O) groups excluding carboxylic acids is 2. The van der Waals surface area contributed by atoms with Crippen molar-refractivity contribution < 1.29 is 19.1 Å². The number of nitrogens with zero attached hydrogens (tertiary/aromatic N) is 1. The fraction of sp³-hybridized carbons (Fsp3) is 0.579. The first kappa shape index (κ1) is 27.1. The molecule has 2 atom stereocenters. The summed E-state index contributed by atoms with van der Waals surface area (Å²) in [5.41, 5.74) is 6.75. The molecule has 1 fully saturated rings. The Labute approximate surface area is 184 Å². The van der Waals surface area contributed by atoms with E-state index in [-0.39, 0.29) is 55.1 Å². The maximum atomic E-state index is 12.1. The van der Waals surface area contributed by atoms with Crippen LogP contribution in [0.2, 0.25) is 0 Å². The molecular formula is C19H32Cl2N4O4. The highest BCUT2D eigenvalue weighted by atomic mass is 35.5. The van der Waals surface area contributed by atoms with Crippen LogP contribution in [0.5, 0.6) is 11.5 Å². The normalized spacial score (nSPS) is 16.3. The van der Waals surface area contributed by atoms with Crippen LogP contribution in [0, 0.1) is 5.92 Å². The van der Waals surface area contributed by atoms with Gasteiger partial charge in [-0.25, -0.2) is 0 Å². The Morgan fingerprint density at radius 2 is 1.76 bits per heavy atom. The van der Waals surface area contributed by atoms with Crippen molar-refractivity contribution in [3.63, 3.8) is 0 Å². The molecule has 1 aliphatic rings. The van der Waals surface area contributed by atoms with Crippen molar-refractivity contribution in [3.8, 4) is 11.5 Å². The molecule has 1 aliphatic heterocycles. The first-order valence-corrected chi connectivity index (χ1v) is 9.14. The van der Waals surface area contributed by atoms with Crippen LogP contribution >= 0.6 is 24.8 Å². The molecule has 0 radical (unpaired) electrons. The number of anilines is 1. The van der Waals surface area contributed by atoms with Gasteiger partial charge < -0.3 is 30.7 Å². The molecule has 10 heteroatoms. The minimum Gasteiger partial charge on any atom is -0.497 e. The Balaban J connectivity index is 0.00000392. The topological polar surface area (TPSA) is 106 Å². The number of carbonyl (C=O) groups is 2. The summed E-state index contributed by atoms with van der Waals surface area (Å²) < 4.78 is 10.6. The molecule has 1 aromatic rings. The summed E-state index contributed by atoms with van der Waals surface area (Å²) in [7, 11) is 3.23. The van der Waals surface area contributed by atoms with Crippen LogP contribution in [0.4, 0.5) is 5.69 Å². The van der Waals surface area contributed by atoms with Gasteiger partial charge in [0.2, 0.25) is 11.8 Å². The van der Waals surface area contributed by atoms with Gasteiger partial charge in [0, 0.05) is 43.0 Å². The molecule has 2 amide bonds. The lowest BCUT2D eigenvalue weighted by Crippen LogP contribution is -2.48. The van der Waals surface area contributed by atoms with Crippen LogP contribution in [-0.2, 0) is 9.59 Å². The SMILES string of the molecule is COc1cc(OC)cc(N2CCC(NC(=O)CNC(=O)[C@@H](N)C(C)C)C2)c1.Cl.Cl. The molecule has 0 saturated carbocycles. The third-order valence-corrected chi connectivity index (χ3v) is 4.70. The van der Waals surface area contributed by atoms with Gasteiger partial charge in [0.15, 0.2) is 0 Å². The molecule has 2 rings (SSSR count). The van der Waals surface area contributed by atoms with Crippen molar-refractivity contribution in [1.29, 1.82) is 0 Å². The molecule has 0 aromatic heterocycles. The summed E-state index contributed by atoms with van der Waals surface area (Å²) in [6, 6.07) is 5.12. The van der Waals surface area contributed by atoms with Crippen molar-refractivity contribution in [2.45, 2.75) is 32.4 Å². The largest absolute Gasteiger partial charge is 0.497 e. The van der Waals surface area contributed by atoms with Gasteiger partial charge in [-0.2, -0.15) is 0 Å². The van der Waals surface area contributed by atoms with E-state index in [1.54, 1.807) is 14.2 Å². The number of hydrogen-bond acceptors (Lipinski definition) is 6. The zero-order chi connectivity index (χ0) is 20.0. The highest BCUT2D eigenvalue weighted by Gasteiger charge is 2.25. The van der Waals surface area contributed by atoms with Crippen LogP contribution in [0.1, 0.15) is 20.3 Å². The Morgan fingerprint density at radius 3 is 2.28 bits per heavy atom. The van der Waals surface area contributed by atoms with Crippen LogP contribution in [0.25, 0.3) is 0 Å².